The van der Waals surface area contributed by atoms with Crippen LogP contribution in [0.25, 0.3) is 0 Å². The molecule has 0 aliphatic heterocycles. The highest BCUT2D eigenvalue weighted by molar-refractivity contribution is 6.32. The number of amides is 1. The zero-order valence-electron chi connectivity index (χ0n) is 28.1. The van der Waals surface area contributed by atoms with Crippen LogP contribution in [0.5, 0.6) is 34.8 Å². The second kappa shape index (κ2) is 20.5. The van der Waals surface area contributed by atoms with Gasteiger partial charge in [0.25, 0.3) is 11.8 Å². The Bertz CT molecular complexity index is 2010. The van der Waals surface area contributed by atoms with E-state index in [4.69, 9.17) is 56.5 Å². The molecule has 54 heavy (non-hydrogen) atoms. The van der Waals surface area contributed by atoms with Crippen LogP contribution >= 0.6 is 23.2 Å². The average molecular weight is 801 g/mol. The number of carbonyl (C=O) groups excluding carboxylic acids is 4. The quantitative estimate of drug-likeness (QED) is 0.0700. The summed E-state index contributed by atoms with van der Waals surface area (Å²) in [4.78, 5) is 48.8. The summed E-state index contributed by atoms with van der Waals surface area (Å²) in [5.74, 6) is -4.85. The van der Waals surface area contributed by atoms with Crippen molar-refractivity contribution in [1.29, 1.82) is 0 Å². The van der Waals surface area contributed by atoms with Crippen molar-refractivity contribution >= 4 is 46.9 Å². The average Bonchev–Trinajstić information content (AvgIpc) is 3.11. The fraction of sp³-hybridized carbons (Fsp3) is 0.229. The Morgan fingerprint density at radius 3 is 1.96 bits per heavy atom. The second-order valence-electron chi connectivity index (χ2n) is 10.3. The van der Waals surface area contributed by atoms with Crippen LogP contribution in [0, 0.1) is 11.6 Å². The van der Waals surface area contributed by atoms with E-state index < -0.39 is 59.5 Å². The summed E-state index contributed by atoms with van der Waals surface area (Å²) in [6, 6.07) is 9.22. The monoisotopic (exact) mass is 799 g/mol. The zero-order chi connectivity index (χ0) is 39.8. The van der Waals surface area contributed by atoms with E-state index in [1.807, 2.05) is 12.2 Å². The largest absolute Gasteiger partial charge is 0.475 e. The van der Waals surface area contributed by atoms with E-state index in [0.29, 0.717) is 13.0 Å². The molecule has 2 aromatic carbocycles. The van der Waals surface area contributed by atoms with Gasteiger partial charge >= 0.3 is 18.3 Å². The normalized spacial score (nSPS) is 11.0. The molecule has 0 saturated heterocycles. The molecule has 0 atom stereocenters. The maximum Gasteiger partial charge on any atom is 0.413 e. The first-order valence-corrected chi connectivity index (χ1v) is 16.2. The molecule has 12 nitrogen and oxygen atoms in total. The van der Waals surface area contributed by atoms with Crippen molar-refractivity contribution in [3.63, 3.8) is 0 Å². The third kappa shape index (κ3) is 12.7. The number of ether oxygens (including phenoxy) is 5. The first-order valence-electron chi connectivity index (χ1n) is 15.4. The number of alkyl halides is 3. The van der Waals surface area contributed by atoms with Gasteiger partial charge in [0, 0.05) is 36.5 Å². The lowest BCUT2D eigenvalue weighted by Gasteiger charge is -2.16. The van der Waals surface area contributed by atoms with Gasteiger partial charge in [-0.1, -0.05) is 30.1 Å². The number of nitrogens with one attached hydrogen (secondary N) is 1. The Hall–Kier alpha value is -5.77. The van der Waals surface area contributed by atoms with Crippen LogP contribution in [0.4, 0.5) is 27.6 Å². The number of rotatable bonds is 15. The number of allylic oxidation sites excluding steroid dienone is 1. The van der Waals surface area contributed by atoms with Gasteiger partial charge in [-0.05, 0) is 61.4 Å². The minimum absolute atomic E-state index is 0.0755. The Labute approximate surface area is 313 Å². The number of anilines is 1. The lowest BCUT2D eigenvalue weighted by atomic mass is 10.0. The lowest BCUT2D eigenvalue weighted by molar-refractivity contribution is -0.191. The standard InChI is InChI=1S/C34H28Cl2F5N3O7.CO2/c1-3-11-48-32-26(7-5-9-42-32)50-28-13-19(23(37)15-21(28)35)12-20(34(39,40)41)14-30(45)44-25-17-29(22(36)16-24(25)38)51-27-8-6-10-43-33(27)49-18-31(46)47-4-2;2-1-3/h5-10,13-17H,3-4,11-12,18H2,1-2H3,(H,44,45);. The van der Waals surface area contributed by atoms with Crippen LogP contribution in [0.1, 0.15) is 25.8 Å². The summed E-state index contributed by atoms with van der Waals surface area (Å²) in [5, 5.41) is 1.47. The molecule has 19 heteroatoms. The molecule has 2 aromatic heterocycles. The zero-order valence-corrected chi connectivity index (χ0v) is 29.6. The summed E-state index contributed by atoms with van der Waals surface area (Å²) in [7, 11) is 0. The van der Waals surface area contributed by atoms with E-state index in [-0.39, 0.29) is 63.6 Å². The molecule has 2 heterocycles. The summed E-state index contributed by atoms with van der Waals surface area (Å²) < 4.78 is 99.2. The molecule has 0 fully saturated rings. The van der Waals surface area contributed by atoms with Crippen LogP contribution in [-0.4, -0.2) is 54.0 Å². The van der Waals surface area contributed by atoms with Gasteiger partial charge in [0.1, 0.15) is 23.1 Å². The van der Waals surface area contributed by atoms with E-state index in [2.05, 4.69) is 9.97 Å². The lowest BCUT2D eigenvalue weighted by Crippen LogP contribution is -2.19. The molecule has 0 radical (unpaired) electrons. The Morgan fingerprint density at radius 2 is 1.41 bits per heavy atom. The maximum absolute atomic E-state index is 14.9. The number of hydrogen-bond acceptors (Lipinski definition) is 11. The van der Waals surface area contributed by atoms with Crippen LogP contribution < -0.4 is 24.3 Å². The van der Waals surface area contributed by atoms with Crippen molar-refractivity contribution in [2.75, 3.05) is 25.1 Å². The molecular weight excluding hydrogens is 772 g/mol. The molecule has 4 aromatic rings. The first kappa shape index (κ1) is 42.6. The number of carbonyl (C=O) groups is 2. The van der Waals surface area contributed by atoms with Crippen molar-refractivity contribution in [3.05, 3.63) is 99.8 Å². The smallest absolute Gasteiger partial charge is 0.413 e. The molecule has 1 N–H and O–H groups in total. The topological polar surface area (TPSA) is 152 Å². The Morgan fingerprint density at radius 1 is 0.852 bits per heavy atom. The third-order valence-corrected chi connectivity index (χ3v) is 7.01. The van der Waals surface area contributed by atoms with Crippen molar-refractivity contribution < 1.29 is 64.8 Å². The summed E-state index contributed by atoms with van der Waals surface area (Å²) in [5.41, 5.74) is -2.61. The number of hydrogen-bond donors (Lipinski definition) is 1. The Kier molecular flexibility index (Phi) is 16.2. The van der Waals surface area contributed by atoms with E-state index in [1.54, 1.807) is 6.92 Å². The predicted molar refractivity (Wildman–Crippen MR) is 181 cm³/mol. The molecule has 0 saturated carbocycles. The van der Waals surface area contributed by atoms with Crippen LogP contribution in [0.15, 0.2) is 72.6 Å². The molecule has 0 bridgehead atoms. The highest BCUT2D eigenvalue weighted by Crippen LogP contribution is 2.39. The van der Waals surface area contributed by atoms with E-state index in [1.165, 1.54) is 36.7 Å². The van der Waals surface area contributed by atoms with Crippen molar-refractivity contribution in [2.24, 2.45) is 0 Å². The predicted octanol–water partition coefficient (Wildman–Crippen LogP) is 8.46. The van der Waals surface area contributed by atoms with Gasteiger partial charge in [0.15, 0.2) is 18.1 Å². The number of pyridine rings is 2. The second-order valence-corrected chi connectivity index (χ2v) is 11.1. The summed E-state index contributed by atoms with van der Waals surface area (Å²) in [6.45, 7) is 3.37. The summed E-state index contributed by atoms with van der Waals surface area (Å²) in [6.07, 6.45) is -2.42. The summed E-state index contributed by atoms with van der Waals surface area (Å²) >= 11 is 12.3. The number of halogens is 7. The van der Waals surface area contributed by atoms with Gasteiger partial charge in [-0.25, -0.2) is 23.5 Å². The molecule has 0 spiro atoms. The van der Waals surface area contributed by atoms with Gasteiger partial charge in [0.2, 0.25) is 5.91 Å². The van der Waals surface area contributed by atoms with E-state index in [9.17, 15) is 31.5 Å². The fourth-order valence-electron chi connectivity index (χ4n) is 4.14. The highest BCUT2D eigenvalue weighted by Gasteiger charge is 2.35. The molecule has 4 rings (SSSR count). The van der Waals surface area contributed by atoms with Gasteiger partial charge in [0.05, 0.1) is 28.9 Å². The van der Waals surface area contributed by atoms with Gasteiger partial charge in [-0.3, -0.25) is 4.79 Å². The number of aromatic nitrogens is 2. The van der Waals surface area contributed by atoms with Crippen LogP contribution in [0.2, 0.25) is 10.0 Å². The minimum atomic E-state index is -5.12. The Balaban J connectivity index is 0.00000253. The fourth-order valence-corrected chi connectivity index (χ4v) is 4.52. The molecule has 1 amide bonds. The SMILES string of the molecule is CCCOc1ncccc1Oc1cc(CC(=CC(=O)Nc2cc(Oc3cccnc3OCC(=O)OCC)c(Cl)cc2F)C(F)(F)F)c(F)cc1Cl.O=C=O. The van der Waals surface area contributed by atoms with E-state index >= 15 is 0 Å². The van der Waals surface area contributed by atoms with Crippen LogP contribution in [0.3, 0.4) is 0 Å². The number of esters is 1. The van der Waals surface area contributed by atoms with Crippen molar-refractivity contribution in [3.8, 4) is 34.8 Å². The minimum Gasteiger partial charge on any atom is -0.475 e. The molecule has 286 valence electrons. The van der Waals surface area contributed by atoms with Gasteiger partial charge in [-0.2, -0.15) is 22.8 Å². The number of nitrogens with zero attached hydrogens (tertiary/aromatic N) is 2. The van der Waals surface area contributed by atoms with Crippen molar-refractivity contribution in [2.45, 2.75) is 32.9 Å². The van der Waals surface area contributed by atoms with Gasteiger partial charge < -0.3 is 29.0 Å². The van der Waals surface area contributed by atoms with Crippen molar-refractivity contribution in [1.82, 2.24) is 9.97 Å². The molecule has 0 aliphatic carbocycles. The van der Waals surface area contributed by atoms with Crippen LogP contribution in [-0.2, 0) is 30.3 Å². The first-order chi connectivity index (χ1) is 25.7. The third-order valence-electron chi connectivity index (χ3n) is 6.42. The molecule has 0 aliphatic rings. The number of benzene rings is 2. The maximum atomic E-state index is 14.9. The molecule has 0 unspecified atom stereocenters. The highest BCUT2D eigenvalue weighted by atomic mass is 35.5. The molecular formula is C35H28Cl2F5N3O9. The van der Waals surface area contributed by atoms with E-state index in [0.717, 1.165) is 24.3 Å². The van der Waals surface area contributed by atoms with Gasteiger partial charge in [-0.15, -0.1) is 0 Å².